The molecule has 1 aliphatic carbocycles. The van der Waals surface area contributed by atoms with Gasteiger partial charge in [-0.05, 0) is 92.0 Å². The third kappa shape index (κ3) is 8.38. The van der Waals surface area contributed by atoms with E-state index >= 15 is 0 Å². The third-order valence-corrected chi connectivity index (χ3v) is 7.88. The molecule has 1 atom stereocenters. The van der Waals surface area contributed by atoms with Gasteiger partial charge in [-0.3, -0.25) is 4.79 Å². The van der Waals surface area contributed by atoms with Crippen LogP contribution in [-0.4, -0.2) is 44.2 Å². The number of alkyl carbamates (subject to hydrolysis) is 1. The molecule has 47 heavy (non-hydrogen) atoms. The molecular formula is C35H37F3N4O5. The zero-order chi connectivity index (χ0) is 33.9. The van der Waals surface area contributed by atoms with Crippen molar-refractivity contribution in [3.05, 3.63) is 113 Å². The average molecular weight is 651 g/mol. The summed E-state index contributed by atoms with van der Waals surface area (Å²) in [5.41, 5.74) is 0.883. The van der Waals surface area contributed by atoms with Crippen LogP contribution in [0, 0.1) is 5.92 Å². The molecule has 248 valence electrons. The van der Waals surface area contributed by atoms with Crippen molar-refractivity contribution in [1.82, 2.24) is 15.1 Å². The fourth-order valence-electron chi connectivity index (χ4n) is 5.48. The van der Waals surface area contributed by atoms with E-state index in [1.54, 1.807) is 63.2 Å². The second-order valence-corrected chi connectivity index (χ2v) is 12.7. The molecule has 5 rings (SSSR count). The molecule has 0 spiro atoms. The molecule has 0 bridgehead atoms. The van der Waals surface area contributed by atoms with Gasteiger partial charge in [-0.25, -0.2) is 9.48 Å². The fourth-order valence-corrected chi connectivity index (χ4v) is 5.48. The zero-order valence-electron chi connectivity index (χ0n) is 26.2. The number of aromatic nitrogens is 2. The number of hydrogen-bond donors (Lipinski definition) is 4. The lowest BCUT2D eigenvalue weighted by Gasteiger charge is -2.34. The minimum Gasteiger partial charge on any atom is -0.444 e. The summed E-state index contributed by atoms with van der Waals surface area (Å²) < 4.78 is 47.4. The maximum atomic E-state index is 13.7. The Morgan fingerprint density at radius 3 is 2.34 bits per heavy atom. The van der Waals surface area contributed by atoms with Crippen LogP contribution in [0.3, 0.4) is 0 Å². The van der Waals surface area contributed by atoms with Crippen molar-refractivity contribution in [2.75, 3.05) is 11.9 Å². The van der Waals surface area contributed by atoms with Crippen LogP contribution >= 0.6 is 0 Å². The largest absolute Gasteiger partial charge is 0.444 e. The first-order valence-electron chi connectivity index (χ1n) is 15.2. The molecule has 1 heterocycles. The van der Waals surface area contributed by atoms with Crippen molar-refractivity contribution in [2.24, 2.45) is 5.92 Å². The second-order valence-electron chi connectivity index (χ2n) is 12.7. The Kier molecular flexibility index (Phi) is 9.73. The van der Waals surface area contributed by atoms with Crippen LogP contribution in [0.1, 0.15) is 84.1 Å². The Hall–Kier alpha value is -4.68. The van der Waals surface area contributed by atoms with Crippen molar-refractivity contribution >= 4 is 17.7 Å². The number of rotatable bonds is 9. The van der Waals surface area contributed by atoms with Crippen molar-refractivity contribution in [2.45, 2.75) is 64.0 Å². The lowest BCUT2D eigenvalue weighted by atomic mass is 9.71. The first-order valence-corrected chi connectivity index (χ1v) is 15.2. The first-order chi connectivity index (χ1) is 22.2. The molecule has 0 radical (unpaired) electrons. The lowest BCUT2D eigenvalue weighted by Crippen LogP contribution is -2.32. The van der Waals surface area contributed by atoms with Crippen LogP contribution in [0.15, 0.2) is 78.9 Å². The Morgan fingerprint density at radius 2 is 1.66 bits per heavy atom. The van der Waals surface area contributed by atoms with E-state index in [4.69, 9.17) is 4.74 Å². The van der Waals surface area contributed by atoms with E-state index in [0.29, 0.717) is 34.6 Å². The maximum Gasteiger partial charge on any atom is 0.435 e. The van der Waals surface area contributed by atoms with E-state index < -0.39 is 35.6 Å². The van der Waals surface area contributed by atoms with Gasteiger partial charge in [0.05, 0.1) is 5.69 Å². The van der Waals surface area contributed by atoms with Gasteiger partial charge in [0, 0.05) is 24.9 Å². The molecular weight excluding hydrogens is 613 g/mol. The highest BCUT2D eigenvalue weighted by atomic mass is 19.4. The van der Waals surface area contributed by atoms with Gasteiger partial charge in [-0.2, -0.15) is 18.3 Å². The standard InChI is InChI=1S/C35H37F3N4O5/c1-34(2,3)47-33(46)39-19-21-7-4-12-28(15-21)42-29(18-30(41-42)35(36,37)38)32(45)40-27-11-6-10-25(17-27)31(44)24-9-5-8-23(16-24)26-13-22(14-26)20-43/h4-12,15-18,22,26,31,43-44H,13-14,19-20H2,1-3H3,(H,39,46)(H,40,45). The van der Waals surface area contributed by atoms with E-state index in [1.807, 2.05) is 18.2 Å². The number of aliphatic hydroxyl groups is 2. The Balaban J connectivity index is 1.35. The van der Waals surface area contributed by atoms with Gasteiger partial charge in [-0.1, -0.05) is 48.5 Å². The number of hydrogen-bond acceptors (Lipinski definition) is 6. The lowest BCUT2D eigenvalue weighted by molar-refractivity contribution is -0.141. The molecule has 1 saturated carbocycles. The predicted molar refractivity (Wildman–Crippen MR) is 169 cm³/mol. The van der Waals surface area contributed by atoms with E-state index in [-0.39, 0.29) is 30.2 Å². The number of carbonyl (C=O) groups excluding carboxylic acids is 2. The summed E-state index contributed by atoms with van der Waals surface area (Å²) >= 11 is 0. The van der Waals surface area contributed by atoms with Gasteiger partial charge in [0.2, 0.25) is 0 Å². The summed E-state index contributed by atoms with van der Waals surface area (Å²) in [6, 6.07) is 21.0. The number of nitrogens with one attached hydrogen (secondary N) is 2. The van der Waals surface area contributed by atoms with E-state index in [0.717, 1.165) is 23.1 Å². The maximum absolute atomic E-state index is 13.7. The number of aliphatic hydroxyl groups excluding tert-OH is 2. The summed E-state index contributed by atoms with van der Waals surface area (Å²) in [5.74, 6) is -0.233. The van der Waals surface area contributed by atoms with Crippen molar-refractivity contribution in [3.8, 4) is 5.69 Å². The van der Waals surface area contributed by atoms with Gasteiger partial charge < -0.3 is 25.6 Å². The van der Waals surface area contributed by atoms with Crippen LogP contribution in [0.5, 0.6) is 0 Å². The van der Waals surface area contributed by atoms with Gasteiger partial charge in [0.1, 0.15) is 17.4 Å². The summed E-state index contributed by atoms with van der Waals surface area (Å²) in [4.78, 5) is 25.5. The quantitative estimate of drug-likeness (QED) is 0.159. The normalized spacial score (nSPS) is 17.0. The topological polar surface area (TPSA) is 126 Å². The van der Waals surface area contributed by atoms with Gasteiger partial charge in [0.15, 0.2) is 5.69 Å². The minimum absolute atomic E-state index is 0.0273. The van der Waals surface area contributed by atoms with Crippen LogP contribution in [0.4, 0.5) is 23.7 Å². The monoisotopic (exact) mass is 650 g/mol. The fraction of sp³-hybridized carbons (Fsp3) is 0.343. The molecule has 0 aliphatic heterocycles. The average Bonchev–Trinajstić information content (AvgIpc) is 3.46. The summed E-state index contributed by atoms with van der Waals surface area (Å²) in [6.45, 7) is 5.35. The Labute approximate surface area is 270 Å². The molecule has 1 aromatic heterocycles. The highest BCUT2D eigenvalue weighted by Crippen LogP contribution is 2.42. The predicted octanol–water partition coefficient (Wildman–Crippen LogP) is 6.74. The van der Waals surface area contributed by atoms with Gasteiger partial charge >= 0.3 is 12.3 Å². The molecule has 12 heteroatoms. The smallest absolute Gasteiger partial charge is 0.435 e. The van der Waals surface area contributed by atoms with Gasteiger partial charge in [-0.15, -0.1) is 0 Å². The molecule has 4 N–H and O–H groups in total. The van der Waals surface area contributed by atoms with E-state index in [2.05, 4.69) is 15.7 Å². The van der Waals surface area contributed by atoms with Crippen LogP contribution < -0.4 is 10.6 Å². The van der Waals surface area contributed by atoms with Crippen LogP contribution in [0.2, 0.25) is 0 Å². The minimum atomic E-state index is -4.81. The van der Waals surface area contributed by atoms with Crippen LogP contribution in [0.25, 0.3) is 5.69 Å². The van der Waals surface area contributed by atoms with E-state index in [1.165, 1.54) is 12.1 Å². The van der Waals surface area contributed by atoms with Crippen molar-refractivity contribution in [3.63, 3.8) is 0 Å². The Bertz CT molecular complexity index is 1740. The molecule has 1 aliphatic rings. The number of alkyl halides is 3. The SMILES string of the molecule is CC(C)(C)OC(=O)NCc1cccc(-n2nc(C(F)(F)F)cc2C(=O)Nc2cccc(C(O)c3cccc(C4CC(CO)C4)c3)c2)c1. The molecule has 2 amide bonds. The third-order valence-electron chi connectivity index (χ3n) is 7.88. The number of benzene rings is 3. The van der Waals surface area contributed by atoms with Gasteiger partial charge in [0.25, 0.3) is 5.91 Å². The first kappa shape index (κ1) is 33.7. The van der Waals surface area contributed by atoms with Crippen molar-refractivity contribution < 1.29 is 37.7 Å². The summed E-state index contributed by atoms with van der Waals surface area (Å²) in [6.07, 6.45) is -4.71. The van der Waals surface area contributed by atoms with Crippen molar-refractivity contribution in [1.29, 1.82) is 0 Å². The number of amides is 2. The molecule has 1 fully saturated rings. The number of nitrogens with zero attached hydrogens (tertiary/aromatic N) is 2. The molecule has 0 saturated heterocycles. The van der Waals surface area contributed by atoms with Crippen LogP contribution in [-0.2, 0) is 17.5 Å². The highest BCUT2D eigenvalue weighted by Gasteiger charge is 2.36. The number of anilines is 1. The number of ether oxygens (including phenoxy) is 1. The summed E-state index contributed by atoms with van der Waals surface area (Å²) in [7, 11) is 0. The number of carbonyl (C=O) groups is 2. The molecule has 1 unspecified atom stereocenters. The van der Waals surface area contributed by atoms with E-state index in [9.17, 15) is 33.0 Å². The molecule has 9 nitrogen and oxygen atoms in total. The summed E-state index contributed by atoms with van der Waals surface area (Å²) in [5, 5.41) is 29.5. The molecule has 3 aromatic carbocycles. The zero-order valence-corrected chi connectivity index (χ0v) is 26.2. The Morgan fingerprint density at radius 1 is 0.979 bits per heavy atom. The molecule has 4 aromatic rings. The highest BCUT2D eigenvalue weighted by molar-refractivity contribution is 6.03. The number of halogens is 3. The second kappa shape index (κ2) is 13.6.